The van der Waals surface area contributed by atoms with Crippen LogP contribution in [0.25, 0.3) is 0 Å². The van der Waals surface area contributed by atoms with Gasteiger partial charge in [-0.15, -0.1) is 0 Å². The molecule has 0 spiro atoms. The number of aryl methyl sites for hydroxylation is 1. The number of likely N-dealkylation sites (N-methyl/N-ethyl adjacent to an activating group) is 1. The van der Waals surface area contributed by atoms with Crippen LogP contribution in [0.1, 0.15) is 31.2 Å². The quantitative estimate of drug-likeness (QED) is 0.810. The van der Waals surface area contributed by atoms with E-state index in [0.717, 1.165) is 42.8 Å². The predicted molar refractivity (Wildman–Crippen MR) is 93.8 cm³/mol. The van der Waals surface area contributed by atoms with E-state index in [-0.39, 0.29) is 11.9 Å². The average molecular weight is 319 g/mol. The van der Waals surface area contributed by atoms with Crippen molar-refractivity contribution in [3.8, 4) is 5.75 Å². The average Bonchev–Trinajstić information content (AvgIpc) is 2.86. The van der Waals surface area contributed by atoms with Crippen molar-refractivity contribution in [3.63, 3.8) is 0 Å². The maximum absolute atomic E-state index is 12.3. The summed E-state index contributed by atoms with van der Waals surface area (Å²) in [5, 5.41) is 2.99. The Bertz CT molecular complexity index is 531. The van der Waals surface area contributed by atoms with Crippen LogP contribution in [0.5, 0.6) is 5.75 Å². The molecule has 0 aliphatic heterocycles. The number of carbonyl (C=O) groups excluding carboxylic acids is 1. The van der Waals surface area contributed by atoms with Crippen molar-refractivity contribution >= 4 is 11.6 Å². The fourth-order valence-electron chi connectivity index (χ4n) is 2.95. The van der Waals surface area contributed by atoms with E-state index >= 15 is 0 Å². The molecule has 0 unspecified atom stereocenters. The predicted octanol–water partition coefficient (Wildman–Crippen LogP) is 2.39. The van der Waals surface area contributed by atoms with Gasteiger partial charge in [-0.2, -0.15) is 0 Å². The minimum atomic E-state index is 0.0219. The Morgan fingerprint density at radius 1 is 1.39 bits per heavy atom. The lowest BCUT2D eigenvalue weighted by atomic mass is 10.00. The van der Waals surface area contributed by atoms with Gasteiger partial charge in [0.1, 0.15) is 12.4 Å². The van der Waals surface area contributed by atoms with Gasteiger partial charge in [-0.05, 0) is 57.5 Å². The van der Waals surface area contributed by atoms with Crippen LogP contribution in [0.15, 0.2) is 18.2 Å². The molecule has 1 fully saturated rings. The van der Waals surface area contributed by atoms with Gasteiger partial charge in [-0.1, -0.05) is 12.5 Å². The van der Waals surface area contributed by atoms with Crippen LogP contribution in [0.3, 0.4) is 0 Å². The molecule has 128 valence electrons. The van der Waals surface area contributed by atoms with E-state index in [1.54, 1.807) is 0 Å². The zero-order valence-corrected chi connectivity index (χ0v) is 14.5. The number of benzene rings is 1. The van der Waals surface area contributed by atoms with E-state index in [9.17, 15) is 4.79 Å². The van der Waals surface area contributed by atoms with Gasteiger partial charge in [0.15, 0.2) is 0 Å². The van der Waals surface area contributed by atoms with Gasteiger partial charge in [0.2, 0.25) is 5.91 Å². The molecule has 3 N–H and O–H groups in total. The second-order valence-electron chi connectivity index (χ2n) is 6.76. The highest BCUT2D eigenvalue weighted by molar-refractivity contribution is 5.92. The molecule has 1 amide bonds. The number of hydrogen-bond acceptors (Lipinski definition) is 4. The van der Waals surface area contributed by atoms with Crippen molar-refractivity contribution in [2.45, 2.75) is 38.6 Å². The minimum absolute atomic E-state index is 0.0219. The van der Waals surface area contributed by atoms with Gasteiger partial charge < -0.3 is 20.7 Å². The third-order valence-electron chi connectivity index (χ3n) is 4.37. The number of rotatable bonds is 7. The fraction of sp³-hybridized carbons (Fsp3) is 0.611. The number of ether oxygens (including phenoxy) is 1. The molecular formula is C18H29N3O2. The molecule has 23 heavy (non-hydrogen) atoms. The second kappa shape index (κ2) is 8.31. The molecule has 5 nitrogen and oxygen atoms in total. The summed E-state index contributed by atoms with van der Waals surface area (Å²) < 4.78 is 5.84. The molecule has 2 atom stereocenters. The first-order valence-electron chi connectivity index (χ1n) is 8.39. The first kappa shape index (κ1) is 17.8. The Kier molecular flexibility index (Phi) is 6.42. The van der Waals surface area contributed by atoms with Crippen LogP contribution in [0.2, 0.25) is 0 Å². The summed E-state index contributed by atoms with van der Waals surface area (Å²) in [7, 11) is 4.01. The van der Waals surface area contributed by atoms with Gasteiger partial charge in [-0.25, -0.2) is 0 Å². The summed E-state index contributed by atoms with van der Waals surface area (Å²) in [6, 6.07) is 6.02. The van der Waals surface area contributed by atoms with E-state index in [1.807, 2.05) is 39.2 Å². The molecule has 1 aromatic rings. The van der Waals surface area contributed by atoms with Crippen LogP contribution in [0.4, 0.5) is 5.69 Å². The first-order valence-corrected chi connectivity index (χ1v) is 8.39. The van der Waals surface area contributed by atoms with Crippen LogP contribution in [0, 0.1) is 12.8 Å². The van der Waals surface area contributed by atoms with Gasteiger partial charge in [0, 0.05) is 19.0 Å². The van der Waals surface area contributed by atoms with Gasteiger partial charge in [0.25, 0.3) is 0 Å². The molecule has 0 aromatic heterocycles. The van der Waals surface area contributed by atoms with Crippen LogP contribution in [-0.2, 0) is 4.79 Å². The number of nitrogens with zero attached hydrogens (tertiary/aromatic N) is 1. The standard InChI is InChI=1S/C18H29N3O2/c1-13-7-8-16(17(11-13)23-10-9-21(2)3)20-18(22)12-14-5-4-6-15(14)19/h7-8,11,14-15H,4-6,9-10,12,19H2,1-3H3,(H,20,22)/t14-,15+/m0/s1. The highest BCUT2D eigenvalue weighted by Gasteiger charge is 2.26. The van der Waals surface area contributed by atoms with Crippen molar-refractivity contribution in [2.75, 3.05) is 32.6 Å². The molecule has 1 saturated carbocycles. The summed E-state index contributed by atoms with van der Waals surface area (Å²) in [6.07, 6.45) is 3.70. The SMILES string of the molecule is Cc1ccc(NC(=O)C[C@@H]2CCC[C@H]2N)c(OCCN(C)C)c1. The maximum Gasteiger partial charge on any atom is 0.224 e. The molecule has 0 saturated heterocycles. The Balaban J connectivity index is 1.96. The Morgan fingerprint density at radius 3 is 2.83 bits per heavy atom. The lowest BCUT2D eigenvalue weighted by Crippen LogP contribution is -2.28. The molecular weight excluding hydrogens is 290 g/mol. The molecule has 1 aliphatic rings. The van der Waals surface area contributed by atoms with E-state index in [1.165, 1.54) is 0 Å². The van der Waals surface area contributed by atoms with Crippen molar-refractivity contribution in [2.24, 2.45) is 11.7 Å². The Hall–Kier alpha value is -1.59. The Labute approximate surface area is 139 Å². The zero-order chi connectivity index (χ0) is 16.8. The van der Waals surface area contributed by atoms with Gasteiger partial charge in [0.05, 0.1) is 5.69 Å². The largest absolute Gasteiger partial charge is 0.490 e. The van der Waals surface area contributed by atoms with E-state index in [0.29, 0.717) is 18.9 Å². The molecule has 2 rings (SSSR count). The van der Waals surface area contributed by atoms with Crippen molar-refractivity contribution in [1.29, 1.82) is 0 Å². The maximum atomic E-state index is 12.3. The van der Waals surface area contributed by atoms with Crippen molar-refractivity contribution in [1.82, 2.24) is 4.90 Å². The fourth-order valence-corrected chi connectivity index (χ4v) is 2.95. The molecule has 1 aliphatic carbocycles. The molecule has 5 heteroatoms. The number of hydrogen-bond donors (Lipinski definition) is 2. The summed E-state index contributed by atoms with van der Waals surface area (Å²) in [4.78, 5) is 14.4. The molecule has 0 radical (unpaired) electrons. The van der Waals surface area contributed by atoms with Crippen LogP contribution >= 0.6 is 0 Å². The normalized spacial score (nSPS) is 20.7. The zero-order valence-electron chi connectivity index (χ0n) is 14.5. The minimum Gasteiger partial charge on any atom is -0.490 e. The van der Waals surface area contributed by atoms with E-state index in [4.69, 9.17) is 10.5 Å². The summed E-state index contributed by atoms with van der Waals surface area (Å²) in [6.45, 7) is 3.44. The van der Waals surface area contributed by atoms with E-state index in [2.05, 4.69) is 10.2 Å². The number of anilines is 1. The topological polar surface area (TPSA) is 67.6 Å². The lowest BCUT2D eigenvalue weighted by molar-refractivity contribution is -0.117. The second-order valence-corrected chi connectivity index (χ2v) is 6.76. The Morgan fingerprint density at radius 2 is 2.17 bits per heavy atom. The van der Waals surface area contributed by atoms with Gasteiger partial charge >= 0.3 is 0 Å². The highest BCUT2D eigenvalue weighted by atomic mass is 16.5. The highest BCUT2D eigenvalue weighted by Crippen LogP contribution is 2.29. The summed E-state index contributed by atoms with van der Waals surface area (Å²) >= 11 is 0. The smallest absolute Gasteiger partial charge is 0.224 e. The van der Waals surface area contributed by atoms with Gasteiger partial charge in [-0.3, -0.25) is 4.79 Å². The third kappa shape index (κ3) is 5.52. The van der Waals surface area contributed by atoms with E-state index < -0.39 is 0 Å². The number of nitrogens with one attached hydrogen (secondary N) is 1. The molecule has 0 heterocycles. The van der Waals surface area contributed by atoms with Crippen molar-refractivity contribution in [3.05, 3.63) is 23.8 Å². The first-order chi connectivity index (χ1) is 11.0. The third-order valence-corrected chi connectivity index (χ3v) is 4.37. The monoisotopic (exact) mass is 319 g/mol. The number of amides is 1. The summed E-state index contributed by atoms with van der Waals surface area (Å²) in [5.74, 6) is 1.06. The summed E-state index contributed by atoms with van der Waals surface area (Å²) in [5.41, 5.74) is 7.91. The number of nitrogens with two attached hydrogens (primary N) is 1. The van der Waals surface area contributed by atoms with Crippen LogP contribution in [-0.4, -0.2) is 44.1 Å². The molecule has 0 bridgehead atoms. The van der Waals surface area contributed by atoms with Crippen molar-refractivity contribution < 1.29 is 9.53 Å². The number of carbonyl (C=O) groups is 1. The lowest BCUT2D eigenvalue weighted by Gasteiger charge is -2.17. The van der Waals surface area contributed by atoms with Crippen LogP contribution < -0.4 is 15.8 Å². The molecule has 1 aromatic carbocycles.